The third kappa shape index (κ3) is 4.06. The van der Waals surface area contributed by atoms with Crippen LogP contribution in [0.2, 0.25) is 10.0 Å². The number of ether oxygens (including phenoxy) is 1. The van der Waals surface area contributed by atoms with Crippen molar-refractivity contribution in [1.82, 2.24) is 0 Å². The molecule has 0 radical (unpaired) electrons. The van der Waals surface area contributed by atoms with Crippen LogP contribution in [0.15, 0.2) is 18.2 Å². The van der Waals surface area contributed by atoms with E-state index in [0.29, 0.717) is 16.7 Å². The van der Waals surface area contributed by atoms with E-state index in [1.807, 2.05) is 6.07 Å². The SMILES string of the molecule is Clc1ccc(OCC[NH2+]C2CCCC2)cc1Cl. The molecule has 1 aromatic rings. The van der Waals surface area contributed by atoms with Crippen molar-refractivity contribution in [1.29, 1.82) is 0 Å². The molecule has 1 aromatic carbocycles. The van der Waals surface area contributed by atoms with Crippen LogP contribution in [0.4, 0.5) is 0 Å². The summed E-state index contributed by atoms with van der Waals surface area (Å²) in [5, 5.41) is 3.50. The number of quaternary nitrogens is 1. The molecule has 0 spiro atoms. The zero-order valence-corrected chi connectivity index (χ0v) is 11.3. The summed E-state index contributed by atoms with van der Waals surface area (Å²) in [5.74, 6) is 0.791. The first-order chi connectivity index (χ1) is 8.25. The average Bonchev–Trinajstić information content (AvgIpc) is 2.82. The normalized spacial score (nSPS) is 16.4. The lowest BCUT2D eigenvalue weighted by Gasteiger charge is -2.10. The molecule has 2 nitrogen and oxygen atoms in total. The van der Waals surface area contributed by atoms with E-state index < -0.39 is 0 Å². The molecule has 1 saturated carbocycles. The van der Waals surface area contributed by atoms with Gasteiger partial charge in [-0.05, 0) is 37.8 Å². The van der Waals surface area contributed by atoms with Gasteiger partial charge in [0.2, 0.25) is 0 Å². The largest absolute Gasteiger partial charge is 0.488 e. The lowest BCUT2D eigenvalue weighted by Crippen LogP contribution is -2.90. The molecule has 0 saturated heterocycles. The molecule has 0 aliphatic heterocycles. The minimum Gasteiger partial charge on any atom is -0.488 e. The second kappa shape index (κ2) is 6.48. The van der Waals surface area contributed by atoms with E-state index in [1.165, 1.54) is 25.7 Å². The highest BCUT2D eigenvalue weighted by atomic mass is 35.5. The van der Waals surface area contributed by atoms with Crippen molar-refractivity contribution in [2.75, 3.05) is 13.2 Å². The van der Waals surface area contributed by atoms with Crippen molar-refractivity contribution in [3.05, 3.63) is 28.2 Å². The molecule has 2 rings (SSSR count). The second-order valence-corrected chi connectivity index (χ2v) is 5.31. The van der Waals surface area contributed by atoms with Crippen LogP contribution < -0.4 is 10.1 Å². The number of hydrogen-bond acceptors (Lipinski definition) is 1. The van der Waals surface area contributed by atoms with Gasteiger partial charge in [0.15, 0.2) is 0 Å². The van der Waals surface area contributed by atoms with Crippen LogP contribution in [0.3, 0.4) is 0 Å². The van der Waals surface area contributed by atoms with Gasteiger partial charge in [0.25, 0.3) is 0 Å². The van der Waals surface area contributed by atoms with Gasteiger partial charge < -0.3 is 10.1 Å². The lowest BCUT2D eigenvalue weighted by molar-refractivity contribution is -0.688. The first kappa shape index (κ1) is 13.0. The van der Waals surface area contributed by atoms with Crippen LogP contribution in [0.25, 0.3) is 0 Å². The van der Waals surface area contributed by atoms with Gasteiger partial charge in [-0.25, -0.2) is 0 Å². The maximum absolute atomic E-state index is 5.91. The first-order valence-corrected chi connectivity index (χ1v) is 6.92. The van der Waals surface area contributed by atoms with E-state index in [2.05, 4.69) is 5.32 Å². The highest BCUT2D eigenvalue weighted by Gasteiger charge is 2.16. The summed E-state index contributed by atoms with van der Waals surface area (Å²) in [6, 6.07) is 6.19. The van der Waals surface area contributed by atoms with Crippen molar-refractivity contribution in [2.24, 2.45) is 0 Å². The highest BCUT2D eigenvalue weighted by Crippen LogP contribution is 2.26. The maximum atomic E-state index is 5.91. The smallest absolute Gasteiger partial charge is 0.137 e. The Hall–Kier alpha value is -0.440. The number of nitrogens with two attached hydrogens (primary N) is 1. The van der Waals surface area contributed by atoms with Crippen molar-refractivity contribution in [3.63, 3.8) is 0 Å². The van der Waals surface area contributed by atoms with Gasteiger partial charge in [-0.1, -0.05) is 23.2 Å². The van der Waals surface area contributed by atoms with Crippen molar-refractivity contribution >= 4 is 23.2 Å². The highest BCUT2D eigenvalue weighted by molar-refractivity contribution is 6.42. The lowest BCUT2D eigenvalue weighted by atomic mass is 10.2. The Bertz CT molecular complexity index is 364. The zero-order chi connectivity index (χ0) is 12.1. The van der Waals surface area contributed by atoms with E-state index in [1.54, 1.807) is 12.1 Å². The first-order valence-electron chi connectivity index (χ1n) is 6.17. The van der Waals surface area contributed by atoms with Gasteiger partial charge in [-0.2, -0.15) is 0 Å². The van der Waals surface area contributed by atoms with E-state index in [9.17, 15) is 0 Å². The Kier molecular flexibility index (Phi) is 4.96. The molecule has 0 atom stereocenters. The van der Waals surface area contributed by atoms with Gasteiger partial charge in [-0.15, -0.1) is 0 Å². The fourth-order valence-corrected chi connectivity index (χ4v) is 2.53. The average molecular weight is 275 g/mol. The summed E-state index contributed by atoms with van der Waals surface area (Å²) in [5.41, 5.74) is 0. The standard InChI is InChI=1S/C13H17Cl2NO/c14-12-6-5-11(9-13(12)15)17-8-7-16-10-3-1-2-4-10/h5-6,9-10,16H,1-4,7-8H2/p+1. The predicted molar refractivity (Wildman–Crippen MR) is 71.0 cm³/mol. The number of rotatable bonds is 5. The van der Waals surface area contributed by atoms with Gasteiger partial charge >= 0.3 is 0 Å². The van der Waals surface area contributed by atoms with Crippen molar-refractivity contribution in [3.8, 4) is 5.75 Å². The van der Waals surface area contributed by atoms with Crippen LogP contribution in [-0.4, -0.2) is 19.2 Å². The Morgan fingerprint density at radius 3 is 2.65 bits per heavy atom. The molecule has 0 amide bonds. The van der Waals surface area contributed by atoms with Crippen LogP contribution in [0.5, 0.6) is 5.75 Å². The molecule has 0 bridgehead atoms. The van der Waals surface area contributed by atoms with Crippen LogP contribution in [0.1, 0.15) is 25.7 Å². The van der Waals surface area contributed by atoms with Gasteiger partial charge in [0.1, 0.15) is 18.9 Å². The number of hydrogen-bond donors (Lipinski definition) is 1. The molecule has 94 valence electrons. The van der Waals surface area contributed by atoms with Crippen LogP contribution in [0, 0.1) is 0 Å². The third-order valence-corrected chi connectivity index (χ3v) is 3.92. The fourth-order valence-electron chi connectivity index (χ4n) is 2.24. The van der Waals surface area contributed by atoms with Gasteiger partial charge in [-0.3, -0.25) is 0 Å². The summed E-state index contributed by atoms with van der Waals surface area (Å²) in [6.45, 7) is 1.72. The quantitative estimate of drug-likeness (QED) is 0.821. The van der Waals surface area contributed by atoms with Crippen molar-refractivity contribution < 1.29 is 10.1 Å². The zero-order valence-electron chi connectivity index (χ0n) is 9.79. The third-order valence-electron chi connectivity index (χ3n) is 3.18. The van der Waals surface area contributed by atoms with Crippen LogP contribution >= 0.6 is 23.2 Å². The summed E-state index contributed by atoms with van der Waals surface area (Å²) in [4.78, 5) is 0. The van der Waals surface area contributed by atoms with E-state index in [0.717, 1.165) is 18.3 Å². The molecular formula is C13H18Cl2NO+. The molecule has 1 fully saturated rings. The Morgan fingerprint density at radius 2 is 1.94 bits per heavy atom. The summed E-state index contributed by atoms with van der Waals surface area (Å²) < 4.78 is 5.63. The fraction of sp³-hybridized carbons (Fsp3) is 0.538. The Morgan fingerprint density at radius 1 is 1.18 bits per heavy atom. The minimum atomic E-state index is 0.545. The Balaban J connectivity index is 1.68. The monoisotopic (exact) mass is 274 g/mol. The molecule has 2 N–H and O–H groups in total. The van der Waals surface area contributed by atoms with E-state index >= 15 is 0 Å². The molecule has 0 aromatic heterocycles. The molecule has 4 heteroatoms. The Labute approximate surface area is 112 Å². The van der Waals surface area contributed by atoms with Gasteiger partial charge in [0.05, 0.1) is 16.1 Å². The van der Waals surface area contributed by atoms with Crippen molar-refractivity contribution in [2.45, 2.75) is 31.7 Å². The maximum Gasteiger partial charge on any atom is 0.137 e. The summed E-state index contributed by atoms with van der Waals surface area (Å²) in [6.07, 6.45) is 5.48. The topological polar surface area (TPSA) is 25.8 Å². The molecule has 0 heterocycles. The number of halogens is 2. The molecule has 17 heavy (non-hydrogen) atoms. The molecule has 0 unspecified atom stereocenters. The minimum absolute atomic E-state index is 0.545. The predicted octanol–water partition coefficient (Wildman–Crippen LogP) is 2.88. The summed E-state index contributed by atoms with van der Waals surface area (Å²) >= 11 is 11.7. The second-order valence-electron chi connectivity index (χ2n) is 4.49. The van der Waals surface area contributed by atoms with Gasteiger partial charge in [0, 0.05) is 6.07 Å². The van der Waals surface area contributed by atoms with E-state index in [4.69, 9.17) is 27.9 Å². The molecule has 1 aliphatic rings. The van der Waals surface area contributed by atoms with Crippen LogP contribution in [-0.2, 0) is 0 Å². The molecule has 1 aliphatic carbocycles. The van der Waals surface area contributed by atoms with E-state index in [-0.39, 0.29) is 0 Å². The number of benzene rings is 1. The summed E-state index contributed by atoms with van der Waals surface area (Å²) in [7, 11) is 0. The molecular weight excluding hydrogens is 257 g/mol.